The first-order valence-electron chi connectivity index (χ1n) is 7.80. The van der Waals surface area contributed by atoms with Crippen LogP contribution in [0.15, 0.2) is 24.3 Å². The highest BCUT2D eigenvalue weighted by molar-refractivity contribution is 7.89. The van der Waals surface area contributed by atoms with Crippen LogP contribution in [0.25, 0.3) is 0 Å². The molecule has 1 fully saturated rings. The Morgan fingerprint density at radius 1 is 1.36 bits per heavy atom. The summed E-state index contributed by atoms with van der Waals surface area (Å²) in [5, 5.41) is 12.0. The molecule has 0 aliphatic carbocycles. The number of hydrogen-bond acceptors (Lipinski definition) is 6. The predicted molar refractivity (Wildman–Crippen MR) is 97.5 cm³/mol. The number of carbonyl (C=O) groups is 1. The van der Waals surface area contributed by atoms with Crippen molar-refractivity contribution in [2.45, 2.75) is 25.8 Å². The molecule has 10 heteroatoms. The summed E-state index contributed by atoms with van der Waals surface area (Å²) < 4.78 is 25.8. The second-order valence-corrected chi connectivity index (χ2v) is 9.23. The van der Waals surface area contributed by atoms with Gasteiger partial charge in [0, 0.05) is 17.3 Å². The highest BCUT2D eigenvalue weighted by atomic mass is 35.5. The molecule has 1 aliphatic rings. The van der Waals surface area contributed by atoms with Gasteiger partial charge >= 0.3 is 0 Å². The standard InChI is InChI=1S/C15H17ClN4O3S2/c1-2-25(22,23)20-9-3-4-12(20)14-18-19-15(24-14)13(21)17-11-7-5-10(16)6-8-11/h5-8,12H,2-4,9H2,1H3,(H,17,21)/t12-/m1/s1. The summed E-state index contributed by atoms with van der Waals surface area (Å²) in [6.45, 7) is 2.10. The molecule has 0 radical (unpaired) electrons. The number of halogens is 1. The molecule has 0 bridgehead atoms. The molecule has 1 N–H and O–H groups in total. The normalized spacial score (nSPS) is 18.4. The number of rotatable bonds is 5. The molecular formula is C15H17ClN4O3S2. The second-order valence-electron chi connectivity index (χ2n) is 5.58. The van der Waals surface area contributed by atoms with Gasteiger partial charge in [0.15, 0.2) is 0 Å². The van der Waals surface area contributed by atoms with E-state index in [4.69, 9.17) is 11.6 Å². The lowest BCUT2D eigenvalue weighted by Crippen LogP contribution is -2.31. The first-order valence-corrected chi connectivity index (χ1v) is 10.6. The smallest absolute Gasteiger partial charge is 0.286 e. The van der Waals surface area contributed by atoms with E-state index in [0.717, 1.165) is 17.8 Å². The Bertz CT molecular complexity index is 867. The molecule has 1 amide bonds. The van der Waals surface area contributed by atoms with Crippen molar-refractivity contribution in [3.8, 4) is 0 Å². The third-order valence-corrected chi connectivity index (χ3v) is 7.10. The lowest BCUT2D eigenvalue weighted by atomic mass is 10.2. The summed E-state index contributed by atoms with van der Waals surface area (Å²) in [6, 6.07) is 6.40. The van der Waals surface area contributed by atoms with E-state index in [1.807, 2.05) is 0 Å². The number of benzene rings is 1. The van der Waals surface area contributed by atoms with Gasteiger partial charge in [-0.3, -0.25) is 4.79 Å². The number of anilines is 1. The molecule has 25 heavy (non-hydrogen) atoms. The topological polar surface area (TPSA) is 92.3 Å². The maximum absolute atomic E-state index is 12.3. The SMILES string of the molecule is CCS(=O)(=O)N1CCC[C@@H]1c1nnc(C(=O)Nc2ccc(Cl)cc2)s1. The van der Waals surface area contributed by atoms with Gasteiger partial charge in [-0.2, -0.15) is 4.31 Å². The number of nitrogens with one attached hydrogen (secondary N) is 1. The number of nitrogens with zero attached hydrogens (tertiary/aromatic N) is 3. The number of aromatic nitrogens is 2. The zero-order chi connectivity index (χ0) is 18.0. The van der Waals surface area contributed by atoms with Gasteiger partial charge in [-0.05, 0) is 44.0 Å². The molecule has 1 atom stereocenters. The van der Waals surface area contributed by atoms with Gasteiger partial charge in [0.2, 0.25) is 15.0 Å². The Labute approximate surface area is 155 Å². The first kappa shape index (κ1) is 18.2. The minimum absolute atomic E-state index is 0.0478. The lowest BCUT2D eigenvalue weighted by Gasteiger charge is -2.21. The van der Waals surface area contributed by atoms with Crippen LogP contribution in [0, 0.1) is 0 Å². The van der Waals surface area contributed by atoms with Crippen LogP contribution in [0.4, 0.5) is 5.69 Å². The fourth-order valence-corrected chi connectivity index (χ4v) is 5.08. The van der Waals surface area contributed by atoms with Crippen molar-refractivity contribution < 1.29 is 13.2 Å². The molecule has 1 aliphatic heterocycles. The summed E-state index contributed by atoms with van der Waals surface area (Å²) in [5.41, 5.74) is 0.599. The molecule has 2 aromatic rings. The zero-order valence-corrected chi connectivity index (χ0v) is 15.9. The van der Waals surface area contributed by atoms with Crippen molar-refractivity contribution in [3.63, 3.8) is 0 Å². The molecule has 134 valence electrons. The van der Waals surface area contributed by atoms with E-state index < -0.39 is 10.0 Å². The molecular weight excluding hydrogens is 384 g/mol. The third kappa shape index (κ3) is 4.00. The van der Waals surface area contributed by atoms with Crippen molar-refractivity contribution in [3.05, 3.63) is 39.3 Å². The summed E-state index contributed by atoms with van der Waals surface area (Å²) in [7, 11) is -3.30. The third-order valence-electron chi connectivity index (χ3n) is 3.95. The fraction of sp³-hybridized carbons (Fsp3) is 0.400. The minimum atomic E-state index is -3.30. The van der Waals surface area contributed by atoms with Gasteiger partial charge in [-0.1, -0.05) is 22.9 Å². The van der Waals surface area contributed by atoms with Crippen LogP contribution in [0.5, 0.6) is 0 Å². The van der Waals surface area contributed by atoms with Crippen molar-refractivity contribution in [1.82, 2.24) is 14.5 Å². The van der Waals surface area contributed by atoms with E-state index in [1.54, 1.807) is 31.2 Å². The molecule has 2 heterocycles. The molecule has 0 unspecified atom stereocenters. The van der Waals surface area contributed by atoms with Gasteiger partial charge in [0.05, 0.1) is 11.8 Å². The summed E-state index contributed by atoms with van der Waals surface area (Å²) in [4.78, 5) is 12.3. The Hall–Kier alpha value is -1.55. The molecule has 0 spiro atoms. The van der Waals surface area contributed by atoms with Crippen LogP contribution >= 0.6 is 22.9 Å². The lowest BCUT2D eigenvalue weighted by molar-refractivity contribution is 0.102. The van der Waals surface area contributed by atoms with E-state index in [9.17, 15) is 13.2 Å². The van der Waals surface area contributed by atoms with Gasteiger partial charge in [-0.25, -0.2) is 8.42 Å². The van der Waals surface area contributed by atoms with E-state index >= 15 is 0 Å². The largest absolute Gasteiger partial charge is 0.320 e. The van der Waals surface area contributed by atoms with Crippen molar-refractivity contribution >= 4 is 44.6 Å². The maximum Gasteiger partial charge on any atom is 0.286 e. The van der Waals surface area contributed by atoms with Crippen LogP contribution in [0.1, 0.15) is 40.6 Å². The Morgan fingerprint density at radius 2 is 2.08 bits per heavy atom. The van der Waals surface area contributed by atoms with Gasteiger partial charge in [-0.15, -0.1) is 10.2 Å². The van der Waals surface area contributed by atoms with E-state index in [2.05, 4.69) is 15.5 Å². The van der Waals surface area contributed by atoms with Crippen LogP contribution in [0.3, 0.4) is 0 Å². The van der Waals surface area contributed by atoms with Crippen LogP contribution in [0.2, 0.25) is 5.02 Å². The molecule has 3 rings (SSSR count). The van der Waals surface area contributed by atoms with E-state index in [-0.39, 0.29) is 22.7 Å². The highest BCUT2D eigenvalue weighted by Gasteiger charge is 2.36. The van der Waals surface area contributed by atoms with Crippen LogP contribution in [-0.2, 0) is 10.0 Å². The molecule has 1 saturated heterocycles. The van der Waals surface area contributed by atoms with Gasteiger partial charge in [0.1, 0.15) is 5.01 Å². The average Bonchev–Trinajstić information content (AvgIpc) is 3.26. The van der Waals surface area contributed by atoms with Gasteiger partial charge < -0.3 is 5.32 Å². The van der Waals surface area contributed by atoms with E-state index in [1.165, 1.54) is 4.31 Å². The highest BCUT2D eigenvalue weighted by Crippen LogP contribution is 2.35. The quantitative estimate of drug-likeness (QED) is 0.832. The number of hydrogen-bond donors (Lipinski definition) is 1. The fourth-order valence-electron chi connectivity index (χ4n) is 2.66. The Kier molecular flexibility index (Phi) is 5.38. The van der Waals surface area contributed by atoms with Gasteiger partial charge in [0.25, 0.3) is 5.91 Å². The molecule has 7 nitrogen and oxygen atoms in total. The first-order chi connectivity index (χ1) is 11.9. The van der Waals surface area contributed by atoms with E-state index in [0.29, 0.717) is 28.7 Å². The summed E-state index contributed by atoms with van der Waals surface area (Å²) >= 11 is 6.94. The number of carbonyl (C=O) groups excluding carboxylic acids is 1. The average molecular weight is 401 g/mol. The maximum atomic E-state index is 12.3. The Morgan fingerprint density at radius 3 is 2.76 bits per heavy atom. The molecule has 1 aromatic carbocycles. The number of amides is 1. The summed E-state index contributed by atoms with van der Waals surface area (Å²) in [5.74, 6) is -0.333. The zero-order valence-electron chi connectivity index (χ0n) is 13.5. The minimum Gasteiger partial charge on any atom is -0.320 e. The van der Waals surface area contributed by atoms with Crippen LogP contribution < -0.4 is 5.32 Å². The molecule has 1 aromatic heterocycles. The van der Waals surface area contributed by atoms with Crippen molar-refractivity contribution in [1.29, 1.82) is 0 Å². The Balaban J connectivity index is 1.75. The number of sulfonamides is 1. The summed E-state index contributed by atoms with van der Waals surface area (Å²) in [6.07, 6.45) is 1.46. The van der Waals surface area contributed by atoms with Crippen LogP contribution in [-0.4, -0.2) is 41.1 Å². The second kappa shape index (κ2) is 7.36. The molecule has 0 saturated carbocycles. The predicted octanol–water partition coefficient (Wildman–Crippen LogP) is 2.93. The van der Waals surface area contributed by atoms with Crippen molar-refractivity contribution in [2.24, 2.45) is 0 Å². The monoisotopic (exact) mass is 400 g/mol. The van der Waals surface area contributed by atoms with Crippen molar-refractivity contribution in [2.75, 3.05) is 17.6 Å².